The molecule has 0 saturated carbocycles. The third-order valence-corrected chi connectivity index (χ3v) is 4.86. The second-order valence-electron chi connectivity index (χ2n) is 6.55. The summed E-state index contributed by atoms with van der Waals surface area (Å²) in [6.45, 7) is 0. The van der Waals surface area contributed by atoms with E-state index in [1.807, 2.05) is 6.26 Å². The molecule has 2 aromatic rings. The molecule has 2 aromatic carbocycles. The Morgan fingerprint density at radius 1 is 1.03 bits per heavy atom. The molecule has 2 atom stereocenters. The zero-order chi connectivity index (χ0) is 22.1. The topological polar surface area (TPSA) is 95.5 Å². The first-order valence-electron chi connectivity index (χ1n) is 9.11. The maximum absolute atomic E-state index is 13.3. The maximum Gasteiger partial charge on any atom is 0.330 e. The van der Waals surface area contributed by atoms with Gasteiger partial charge in [0.25, 0.3) is 0 Å². The molecule has 0 aliphatic heterocycles. The number of aliphatic carboxylic acids is 1. The highest BCUT2D eigenvalue weighted by atomic mass is 32.2. The van der Waals surface area contributed by atoms with Crippen LogP contribution in [0.5, 0.6) is 0 Å². The van der Waals surface area contributed by atoms with Gasteiger partial charge in [0, 0.05) is 6.07 Å². The lowest BCUT2D eigenvalue weighted by Crippen LogP contribution is -2.49. The lowest BCUT2D eigenvalue weighted by molar-refractivity contribution is -0.142. The Kier molecular flexibility index (Phi) is 8.79. The summed E-state index contributed by atoms with van der Waals surface area (Å²) >= 11 is 1.46. The monoisotopic (exact) mass is 436 g/mol. The van der Waals surface area contributed by atoms with Gasteiger partial charge in [0.1, 0.15) is 17.7 Å². The van der Waals surface area contributed by atoms with Gasteiger partial charge >= 0.3 is 5.97 Å². The summed E-state index contributed by atoms with van der Waals surface area (Å²) in [4.78, 5) is 36.7. The van der Waals surface area contributed by atoms with Crippen LogP contribution in [0.4, 0.5) is 8.78 Å². The maximum atomic E-state index is 13.3. The molecule has 0 aliphatic rings. The number of benzene rings is 2. The molecule has 2 amide bonds. The minimum Gasteiger partial charge on any atom is -0.479 e. The lowest BCUT2D eigenvalue weighted by Gasteiger charge is -2.21. The van der Waals surface area contributed by atoms with Gasteiger partial charge in [0.05, 0.1) is 6.42 Å². The zero-order valence-electron chi connectivity index (χ0n) is 16.2. The van der Waals surface area contributed by atoms with E-state index >= 15 is 0 Å². The fraction of sp³-hybridized carbons (Fsp3) is 0.286. The van der Waals surface area contributed by atoms with Gasteiger partial charge in [0.2, 0.25) is 11.8 Å². The normalized spacial score (nSPS) is 12.6. The van der Waals surface area contributed by atoms with E-state index < -0.39 is 41.5 Å². The summed E-state index contributed by atoms with van der Waals surface area (Å²) < 4.78 is 26.6. The molecule has 0 aliphatic carbocycles. The molecule has 0 spiro atoms. The minimum absolute atomic E-state index is 0.127. The van der Waals surface area contributed by atoms with Crippen LogP contribution < -0.4 is 10.6 Å². The number of hydrogen-bond acceptors (Lipinski definition) is 4. The van der Waals surface area contributed by atoms with Crippen LogP contribution >= 0.6 is 11.8 Å². The van der Waals surface area contributed by atoms with Crippen LogP contribution in [0.3, 0.4) is 0 Å². The van der Waals surface area contributed by atoms with Crippen LogP contribution in [0.1, 0.15) is 23.6 Å². The van der Waals surface area contributed by atoms with Crippen molar-refractivity contribution in [3.63, 3.8) is 0 Å². The minimum atomic E-state index is -1.27. The first-order chi connectivity index (χ1) is 14.3. The first-order valence-corrected chi connectivity index (χ1v) is 10.5. The standard InChI is InChI=1S/C21H22F2N2O4S/c1-30-8-7-17(24-18(26)11-13-9-15(22)12-16(23)10-13)20(27)25-19(21(28)29)14-5-3-2-4-6-14/h2-6,9-10,12,17,19H,7-8,11H2,1H3,(H,24,26)(H,25,27)(H,28,29)/t17-,19-/m0/s1. The van der Waals surface area contributed by atoms with Crippen LogP contribution in [0, 0.1) is 11.6 Å². The Morgan fingerprint density at radius 2 is 1.67 bits per heavy atom. The summed E-state index contributed by atoms with van der Waals surface area (Å²) in [7, 11) is 0. The summed E-state index contributed by atoms with van der Waals surface area (Å²) in [5, 5.41) is 14.5. The highest BCUT2D eigenvalue weighted by Gasteiger charge is 2.27. The molecular weight excluding hydrogens is 414 g/mol. The molecule has 0 heterocycles. The second kappa shape index (κ2) is 11.3. The molecule has 0 aromatic heterocycles. The quantitative estimate of drug-likeness (QED) is 0.532. The highest BCUT2D eigenvalue weighted by Crippen LogP contribution is 2.14. The molecule has 9 heteroatoms. The van der Waals surface area contributed by atoms with Crippen molar-refractivity contribution >= 4 is 29.5 Å². The molecule has 160 valence electrons. The molecule has 3 N–H and O–H groups in total. The van der Waals surface area contributed by atoms with E-state index in [1.54, 1.807) is 30.3 Å². The van der Waals surface area contributed by atoms with Gasteiger partial charge < -0.3 is 15.7 Å². The number of carbonyl (C=O) groups excluding carboxylic acids is 2. The third-order valence-electron chi connectivity index (χ3n) is 4.22. The molecule has 2 rings (SSSR count). The molecule has 0 fully saturated rings. The van der Waals surface area contributed by atoms with Gasteiger partial charge in [-0.25, -0.2) is 13.6 Å². The Balaban J connectivity index is 2.10. The van der Waals surface area contributed by atoms with Gasteiger partial charge in [-0.2, -0.15) is 11.8 Å². The van der Waals surface area contributed by atoms with Crippen molar-refractivity contribution in [3.05, 3.63) is 71.3 Å². The van der Waals surface area contributed by atoms with Crippen LogP contribution in [-0.4, -0.2) is 40.9 Å². The Hall–Kier alpha value is -2.94. The largest absolute Gasteiger partial charge is 0.479 e. The fourth-order valence-corrected chi connectivity index (χ4v) is 3.30. The van der Waals surface area contributed by atoms with Crippen LogP contribution in [0.15, 0.2) is 48.5 Å². The smallest absolute Gasteiger partial charge is 0.330 e. The van der Waals surface area contributed by atoms with E-state index in [2.05, 4.69) is 10.6 Å². The number of carboxylic acid groups (broad SMARTS) is 1. The lowest BCUT2D eigenvalue weighted by atomic mass is 10.1. The third kappa shape index (κ3) is 7.14. The van der Waals surface area contributed by atoms with E-state index in [9.17, 15) is 28.3 Å². The van der Waals surface area contributed by atoms with E-state index in [4.69, 9.17) is 0 Å². The molecule has 0 bridgehead atoms. The predicted octanol–water partition coefficient (Wildman–Crippen LogP) is 2.69. The molecular formula is C21H22F2N2O4S. The Morgan fingerprint density at radius 3 is 2.23 bits per heavy atom. The number of halogens is 2. The molecule has 0 radical (unpaired) electrons. The van der Waals surface area contributed by atoms with Crippen LogP contribution in [-0.2, 0) is 20.8 Å². The van der Waals surface area contributed by atoms with Gasteiger partial charge in [-0.05, 0) is 41.7 Å². The van der Waals surface area contributed by atoms with Gasteiger partial charge in [-0.3, -0.25) is 9.59 Å². The summed E-state index contributed by atoms with van der Waals surface area (Å²) in [6, 6.07) is 8.70. The van der Waals surface area contributed by atoms with Crippen molar-refractivity contribution < 1.29 is 28.3 Å². The molecule has 0 unspecified atom stereocenters. The molecule has 0 saturated heterocycles. The zero-order valence-corrected chi connectivity index (χ0v) is 17.0. The van der Waals surface area contributed by atoms with Crippen molar-refractivity contribution in [2.75, 3.05) is 12.0 Å². The number of nitrogens with one attached hydrogen (secondary N) is 2. The Bertz CT molecular complexity index is 876. The van der Waals surface area contributed by atoms with Gasteiger partial charge in [0.15, 0.2) is 6.04 Å². The first kappa shape index (κ1) is 23.3. The predicted molar refractivity (Wildman–Crippen MR) is 110 cm³/mol. The fourth-order valence-electron chi connectivity index (χ4n) is 2.82. The van der Waals surface area contributed by atoms with E-state index in [1.165, 1.54) is 11.8 Å². The number of hydrogen-bond donors (Lipinski definition) is 3. The second-order valence-corrected chi connectivity index (χ2v) is 7.53. The highest BCUT2D eigenvalue weighted by molar-refractivity contribution is 7.98. The SMILES string of the molecule is CSCC[C@H](NC(=O)Cc1cc(F)cc(F)c1)C(=O)N[C@H](C(=O)O)c1ccccc1. The van der Waals surface area contributed by atoms with E-state index in [0.29, 0.717) is 17.4 Å². The van der Waals surface area contributed by atoms with Crippen molar-refractivity contribution in [1.29, 1.82) is 0 Å². The van der Waals surface area contributed by atoms with E-state index in [0.717, 1.165) is 12.1 Å². The number of amides is 2. The molecule has 6 nitrogen and oxygen atoms in total. The van der Waals surface area contributed by atoms with Crippen LogP contribution in [0.2, 0.25) is 0 Å². The van der Waals surface area contributed by atoms with Crippen molar-refractivity contribution in [2.45, 2.75) is 24.9 Å². The summed E-state index contributed by atoms with van der Waals surface area (Å²) in [6.07, 6.45) is 1.77. The summed E-state index contributed by atoms with van der Waals surface area (Å²) in [5.41, 5.74) is 0.519. The Labute approximate surface area is 177 Å². The summed E-state index contributed by atoms with van der Waals surface area (Å²) in [5.74, 6) is -3.56. The van der Waals surface area contributed by atoms with Crippen molar-refractivity contribution in [3.8, 4) is 0 Å². The van der Waals surface area contributed by atoms with Gasteiger partial charge in [-0.1, -0.05) is 30.3 Å². The van der Waals surface area contributed by atoms with Crippen molar-refractivity contribution in [1.82, 2.24) is 10.6 Å². The number of carboxylic acids is 1. The number of carbonyl (C=O) groups is 3. The number of rotatable bonds is 10. The molecule has 30 heavy (non-hydrogen) atoms. The van der Waals surface area contributed by atoms with E-state index in [-0.39, 0.29) is 18.4 Å². The average Bonchev–Trinajstić information content (AvgIpc) is 2.68. The average molecular weight is 436 g/mol. The van der Waals surface area contributed by atoms with Crippen LogP contribution in [0.25, 0.3) is 0 Å². The van der Waals surface area contributed by atoms with Gasteiger partial charge in [-0.15, -0.1) is 0 Å². The van der Waals surface area contributed by atoms with Crippen molar-refractivity contribution in [2.24, 2.45) is 0 Å². The number of thioether (sulfide) groups is 1.